The summed E-state index contributed by atoms with van der Waals surface area (Å²) in [7, 11) is 0. The number of nitrogens with zero attached hydrogens (tertiary/aromatic N) is 5. The van der Waals surface area contributed by atoms with Gasteiger partial charge in [-0.2, -0.15) is 14.0 Å². The van der Waals surface area contributed by atoms with Crippen molar-refractivity contribution in [3.8, 4) is 17.5 Å². The van der Waals surface area contributed by atoms with Crippen molar-refractivity contribution < 1.29 is 13.5 Å². The van der Waals surface area contributed by atoms with Gasteiger partial charge in [-0.1, -0.05) is 36.8 Å². The van der Waals surface area contributed by atoms with E-state index in [0.717, 1.165) is 38.1 Å². The Hall–Kier alpha value is -4.10. The summed E-state index contributed by atoms with van der Waals surface area (Å²) in [6, 6.07) is 17.4. The Morgan fingerprint density at radius 1 is 1.08 bits per heavy atom. The minimum atomic E-state index is -2.91. The molecule has 3 heterocycles. The number of aromatic nitrogens is 4. The van der Waals surface area contributed by atoms with Crippen LogP contribution in [0.4, 0.5) is 8.78 Å². The number of para-hydroxylation sites is 1. The number of ether oxygens (including phenoxy) is 1. The largest absolute Gasteiger partial charge is 0.435 e. The number of fused-ring (bicyclic) bond motifs is 1. The van der Waals surface area contributed by atoms with Gasteiger partial charge in [0.15, 0.2) is 5.82 Å². The Balaban J connectivity index is 1.73. The van der Waals surface area contributed by atoms with Crippen LogP contribution in [-0.2, 0) is 13.0 Å². The number of thiazole rings is 1. The Morgan fingerprint density at radius 3 is 2.58 bits per heavy atom. The van der Waals surface area contributed by atoms with Crippen LogP contribution in [0.3, 0.4) is 0 Å². The van der Waals surface area contributed by atoms with Crippen LogP contribution in [-0.4, -0.2) is 25.9 Å². The summed E-state index contributed by atoms with van der Waals surface area (Å²) < 4.78 is 33.7. The third kappa shape index (κ3) is 4.70. The number of aryl methyl sites for hydroxylation is 1. The second-order valence-corrected chi connectivity index (χ2v) is 9.26. The molecule has 0 amide bonds. The predicted molar refractivity (Wildman–Crippen MR) is 132 cm³/mol. The Labute approximate surface area is 208 Å². The van der Waals surface area contributed by atoms with E-state index >= 15 is 0 Å². The molecule has 2 aromatic carbocycles. The molecular weight excluding hydrogens is 484 g/mol. The number of halogens is 2. The molecule has 0 saturated heterocycles. The monoisotopic (exact) mass is 505 g/mol. The van der Waals surface area contributed by atoms with Crippen molar-refractivity contribution in [3.63, 3.8) is 0 Å². The standard InChI is InChI=1S/C26H21F2N5O2S/c27-26(28)35-19-12-10-17(11-13-19)15-21-24(34)33(18-7-3-1-4-8-18)25(36-21)20(16-29)23-31-30-22-9-5-2-6-14-32(22)23/h1,3-4,7-8,10-13,15,26H,2,5-6,9,14H2. The molecule has 0 unspecified atom stereocenters. The highest BCUT2D eigenvalue weighted by Crippen LogP contribution is 2.19. The second-order valence-electron chi connectivity index (χ2n) is 8.23. The topological polar surface area (TPSA) is 85.7 Å². The molecule has 5 rings (SSSR count). The lowest BCUT2D eigenvalue weighted by Gasteiger charge is -2.07. The van der Waals surface area contributed by atoms with Crippen LogP contribution in [0.2, 0.25) is 0 Å². The summed E-state index contributed by atoms with van der Waals surface area (Å²) in [5.41, 5.74) is 1.24. The second kappa shape index (κ2) is 10.3. The minimum absolute atomic E-state index is 0.0308. The first-order chi connectivity index (χ1) is 17.5. The Bertz CT molecular complexity index is 1600. The molecule has 4 aromatic rings. The molecule has 7 nitrogen and oxygen atoms in total. The van der Waals surface area contributed by atoms with E-state index in [0.29, 0.717) is 26.3 Å². The lowest BCUT2D eigenvalue weighted by Crippen LogP contribution is -2.31. The van der Waals surface area contributed by atoms with Crippen LogP contribution in [0, 0.1) is 11.3 Å². The van der Waals surface area contributed by atoms with E-state index in [2.05, 4.69) is 21.0 Å². The Kier molecular flexibility index (Phi) is 6.73. The van der Waals surface area contributed by atoms with E-state index in [4.69, 9.17) is 0 Å². The summed E-state index contributed by atoms with van der Waals surface area (Å²) in [6.45, 7) is -2.19. The molecule has 0 saturated carbocycles. The third-order valence-electron chi connectivity index (χ3n) is 5.90. The van der Waals surface area contributed by atoms with Crippen molar-refractivity contribution in [1.82, 2.24) is 19.3 Å². The molecule has 182 valence electrons. The average molecular weight is 506 g/mol. The molecule has 2 aromatic heterocycles. The lowest BCUT2D eigenvalue weighted by atomic mass is 10.2. The fourth-order valence-corrected chi connectivity index (χ4v) is 5.32. The zero-order valence-corrected chi connectivity index (χ0v) is 19.9. The minimum Gasteiger partial charge on any atom is -0.435 e. The number of nitriles is 1. The highest BCUT2D eigenvalue weighted by molar-refractivity contribution is 7.07. The molecule has 10 heteroatoms. The third-order valence-corrected chi connectivity index (χ3v) is 6.99. The van der Waals surface area contributed by atoms with E-state index < -0.39 is 6.61 Å². The van der Waals surface area contributed by atoms with Gasteiger partial charge in [0.25, 0.3) is 5.56 Å². The average Bonchev–Trinajstić information content (AvgIpc) is 3.32. The van der Waals surface area contributed by atoms with Crippen molar-refractivity contribution >= 4 is 23.0 Å². The van der Waals surface area contributed by atoms with Gasteiger partial charge in [0.2, 0.25) is 0 Å². The van der Waals surface area contributed by atoms with Crippen LogP contribution in [0.1, 0.15) is 36.5 Å². The van der Waals surface area contributed by atoms with E-state index in [-0.39, 0.29) is 16.9 Å². The van der Waals surface area contributed by atoms with Gasteiger partial charge in [-0.25, -0.2) is 0 Å². The van der Waals surface area contributed by atoms with Gasteiger partial charge < -0.3 is 9.30 Å². The van der Waals surface area contributed by atoms with Gasteiger partial charge in [0.1, 0.15) is 27.9 Å². The number of hydrogen-bond donors (Lipinski definition) is 0. The van der Waals surface area contributed by atoms with Crippen molar-refractivity contribution in [2.45, 2.75) is 38.8 Å². The SMILES string of the molecule is N#CC(c1nnc2n1CCCCC2)=c1sc(=Cc2ccc(OC(F)F)cc2)c(=O)n1-c1ccccc1. The summed E-state index contributed by atoms with van der Waals surface area (Å²) in [5.74, 6) is 1.34. The zero-order chi connectivity index (χ0) is 25.1. The van der Waals surface area contributed by atoms with Crippen LogP contribution in [0.15, 0.2) is 59.4 Å². The molecule has 1 aliphatic heterocycles. The fraction of sp³-hybridized carbons (Fsp3) is 0.231. The fourth-order valence-electron chi connectivity index (χ4n) is 4.22. The van der Waals surface area contributed by atoms with Crippen molar-refractivity contribution in [2.24, 2.45) is 0 Å². The number of benzene rings is 2. The van der Waals surface area contributed by atoms with Gasteiger partial charge >= 0.3 is 6.61 Å². The first-order valence-electron chi connectivity index (χ1n) is 11.5. The van der Waals surface area contributed by atoms with Crippen molar-refractivity contribution in [3.05, 3.63) is 91.4 Å². The molecule has 0 atom stereocenters. The van der Waals surface area contributed by atoms with Gasteiger partial charge in [-0.15, -0.1) is 21.5 Å². The van der Waals surface area contributed by atoms with Crippen LogP contribution < -0.4 is 19.5 Å². The van der Waals surface area contributed by atoms with Crippen molar-refractivity contribution in [2.75, 3.05) is 0 Å². The van der Waals surface area contributed by atoms with Crippen molar-refractivity contribution in [1.29, 1.82) is 5.26 Å². The molecular formula is C26H21F2N5O2S. The molecule has 0 spiro atoms. The van der Waals surface area contributed by atoms with Crippen LogP contribution >= 0.6 is 11.3 Å². The molecule has 1 aliphatic rings. The molecule has 0 aliphatic carbocycles. The van der Waals surface area contributed by atoms with Gasteiger partial charge in [0.05, 0.1) is 10.2 Å². The molecule has 0 N–H and O–H groups in total. The maximum absolute atomic E-state index is 13.6. The highest BCUT2D eigenvalue weighted by atomic mass is 32.1. The van der Waals surface area contributed by atoms with Gasteiger partial charge in [0, 0.05) is 13.0 Å². The first kappa shape index (κ1) is 23.6. The summed E-state index contributed by atoms with van der Waals surface area (Å²) >= 11 is 1.18. The smallest absolute Gasteiger partial charge is 0.387 e. The van der Waals surface area contributed by atoms with E-state index in [1.807, 2.05) is 22.8 Å². The maximum atomic E-state index is 13.6. The molecule has 36 heavy (non-hydrogen) atoms. The number of rotatable bonds is 5. The van der Waals surface area contributed by atoms with Crippen LogP contribution in [0.25, 0.3) is 17.3 Å². The summed E-state index contributed by atoms with van der Waals surface area (Å²) in [4.78, 5) is 13.6. The van der Waals surface area contributed by atoms with Crippen LogP contribution in [0.5, 0.6) is 5.75 Å². The van der Waals surface area contributed by atoms with E-state index in [1.165, 1.54) is 28.0 Å². The predicted octanol–water partition coefficient (Wildman–Crippen LogP) is 3.37. The molecule has 0 bridgehead atoms. The first-order valence-corrected chi connectivity index (χ1v) is 12.3. The Morgan fingerprint density at radius 2 is 1.86 bits per heavy atom. The number of alkyl halides is 2. The summed E-state index contributed by atoms with van der Waals surface area (Å²) in [5, 5.41) is 18.9. The van der Waals surface area contributed by atoms with Gasteiger partial charge in [-0.3, -0.25) is 9.36 Å². The molecule has 0 radical (unpaired) electrons. The quantitative estimate of drug-likeness (QED) is 0.415. The highest BCUT2D eigenvalue weighted by Gasteiger charge is 2.21. The van der Waals surface area contributed by atoms with E-state index in [1.54, 1.807) is 30.3 Å². The molecule has 0 fully saturated rings. The summed E-state index contributed by atoms with van der Waals surface area (Å²) in [6.07, 6.45) is 5.54. The number of hydrogen-bond acceptors (Lipinski definition) is 6. The maximum Gasteiger partial charge on any atom is 0.387 e. The normalized spacial score (nSPS) is 14.8. The zero-order valence-electron chi connectivity index (χ0n) is 19.1. The lowest BCUT2D eigenvalue weighted by molar-refractivity contribution is -0.0498. The van der Waals surface area contributed by atoms with Gasteiger partial charge in [-0.05, 0) is 48.7 Å². The van der Waals surface area contributed by atoms with E-state index in [9.17, 15) is 18.8 Å².